The van der Waals surface area contributed by atoms with E-state index in [1.807, 2.05) is 12.1 Å². The van der Waals surface area contributed by atoms with Gasteiger partial charge in [0.1, 0.15) is 0 Å². The first-order valence-corrected chi connectivity index (χ1v) is 5.83. The average Bonchev–Trinajstić information content (AvgIpc) is 2.16. The fourth-order valence-corrected chi connectivity index (χ4v) is 2.23. The maximum absolute atomic E-state index is 6.20. The van der Waals surface area contributed by atoms with E-state index in [4.69, 9.17) is 28.9 Å². The van der Waals surface area contributed by atoms with Crippen molar-refractivity contribution in [1.82, 2.24) is 0 Å². The molecule has 0 saturated carbocycles. The van der Waals surface area contributed by atoms with Crippen molar-refractivity contribution in [3.63, 3.8) is 0 Å². The first-order valence-electron chi connectivity index (χ1n) is 5.07. The average molecular weight is 246 g/mol. The Kier molecular flexibility index (Phi) is 4.05. The Morgan fingerprint density at radius 3 is 2.33 bits per heavy atom. The van der Waals surface area contributed by atoms with Gasteiger partial charge in [0.25, 0.3) is 0 Å². The minimum absolute atomic E-state index is 0.0956. The van der Waals surface area contributed by atoms with Crippen LogP contribution in [-0.2, 0) is 5.41 Å². The zero-order valence-corrected chi connectivity index (χ0v) is 10.9. The van der Waals surface area contributed by atoms with Crippen LogP contribution in [0.5, 0.6) is 0 Å². The van der Waals surface area contributed by atoms with E-state index in [2.05, 4.69) is 20.8 Å². The Labute approximate surface area is 102 Å². The number of halogens is 2. The van der Waals surface area contributed by atoms with E-state index in [1.54, 1.807) is 6.07 Å². The molecule has 0 heterocycles. The molecule has 1 atom stereocenters. The van der Waals surface area contributed by atoms with Crippen molar-refractivity contribution >= 4 is 23.2 Å². The molecule has 0 aliphatic rings. The number of hydrogen-bond donors (Lipinski definition) is 1. The Hall–Kier alpha value is -0.240. The van der Waals surface area contributed by atoms with Crippen molar-refractivity contribution in [2.45, 2.75) is 26.2 Å². The van der Waals surface area contributed by atoms with Crippen LogP contribution >= 0.6 is 23.2 Å². The van der Waals surface area contributed by atoms with E-state index in [-0.39, 0.29) is 5.41 Å². The zero-order chi connectivity index (χ0) is 11.6. The van der Waals surface area contributed by atoms with Crippen LogP contribution in [0, 0.1) is 5.92 Å². The molecule has 0 aliphatic heterocycles. The summed E-state index contributed by atoms with van der Waals surface area (Å²) in [5, 5.41) is 1.36. The molecule has 1 nitrogen and oxygen atoms in total. The van der Waals surface area contributed by atoms with E-state index in [0.29, 0.717) is 22.5 Å². The number of hydrogen-bond acceptors (Lipinski definition) is 1. The van der Waals surface area contributed by atoms with Crippen LogP contribution in [0.2, 0.25) is 10.0 Å². The first-order chi connectivity index (χ1) is 6.91. The Bertz CT molecular complexity index is 349. The molecule has 0 bridgehead atoms. The van der Waals surface area contributed by atoms with Gasteiger partial charge < -0.3 is 5.73 Å². The van der Waals surface area contributed by atoms with Gasteiger partial charge in [0.05, 0.1) is 0 Å². The lowest BCUT2D eigenvalue weighted by Gasteiger charge is -2.33. The topological polar surface area (TPSA) is 26.0 Å². The molecule has 0 aliphatic carbocycles. The lowest BCUT2D eigenvalue weighted by molar-refractivity contribution is 0.347. The fraction of sp³-hybridized carbons (Fsp3) is 0.500. The van der Waals surface area contributed by atoms with E-state index in [1.165, 1.54) is 0 Å². The standard InChI is InChI=1S/C12H17Cl2N/c1-8(2)12(3,7-15)10-5-4-9(13)6-11(10)14/h4-6,8H,7,15H2,1-3H3. The molecule has 1 unspecified atom stereocenters. The summed E-state index contributed by atoms with van der Waals surface area (Å²) in [5.41, 5.74) is 6.83. The molecule has 84 valence electrons. The van der Waals surface area contributed by atoms with Gasteiger partial charge >= 0.3 is 0 Å². The van der Waals surface area contributed by atoms with Gasteiger partial charge in [-0.2, -0.15) is 0 Å². The van der Waals surface area contributed by atoms with Crippen LogP contribution in [0.1, 0.15) is 26.3 Å². The highest BCUT2D eigenvalue weighted by Gasteiger charge is 2.30. The highest BCUT2D eigenvalue weighted by molar-refractivity contribution is 6.35. The van der Waals surface area contributed by atoms with Crippen LogP contribution in [0.4, 0.5) is 0 Å². The summed E-state index contributed by atoms with van der Waals surface area (Å²) in [6.07, 6.45) is 0. The van der Waals surface area contributed by atoms with Crippen molar-refractivity contribution in [1.29, 1.82) is 0 Å². The minimum Gasteiger partial charge on any atom is -0.330 e. The molecule has 0 fully saturated rings. The molecule has 1 rings (SSSR count). The van der Waals surface area contributed by atoms with Gasteiger partial charge in [-0.15, -0.1) is 0 Å². The summed E-state index contributed by atoms with van der Waals surface area (Å²) in [5.74, 6) is 0.432. The summed E-state index contributed by atoms with van der Waals surface area (Å²) in [4.78, 5) is 0. The van der Waals surface area contributed by atoms with Crippen molar-refractivity contribution in [3.8, 4) is 0 Å². The van der Waals surface area contributed by atoms with Gasteiger partial charge in [-0.3, -0.25) is 0 Å². The molecule has 0 spiro atoms. The third-order valence-corrected chi connectivity index (χ3v) is 3.79. The van der Waals surface area contributed by atoms with Crippen LogP contribution in [0.3, 0.4) is 0 Å². The maximum Gasteiger partial charge on any atom is 0.0458 e. The van der Waals surface area contributed by atoms with Crippen LogP contribution < -0.4 is 5.73 Å². The lowest BCUT2D eigenvalue weighted by Crippen LogP contribution is -2.37. The fourth-order valence-electron chi connectivity index (χ4n) is 1.61. The summed E-state index contributed by atoms with van der Waals surface area (Å²) in [6.45, 7) is 7.01. The molecule has 0 radical (unpaired) electrons. The molecule has 0 aromatic heterocycles. The molecule has 1 aromatic rings. The number of nitrogens with two attached hydrogens (primary N) is 1. The number of rotatable bonds is 3. The second-order valence-electron chi connectivity index (χ2n) is 4.40. The highest BCUT2D eigenvalue weighted by Crippen LogP contribution is 2.36. The van der Waals surface area contributed by atoms with Crippen molar-refractivity contribution in [2.24, 2.45) is 11.7 Å². The molecule has 2 N–H and O–H groups in total. The van der Waals surface area contributed by atoms with Crippen LogP contribution in [0.25, 0.3) is 0 Å². The van der Waals surface area contributed by atoms with Gasteiger partial charge in [-0.05, 0) is 23.6 Å². The monoisotopic (exact) mass is 245 g/mol. The minimum atomic E-state index is -0.0956. The van der Waals surface area contributed by atoms with E-state index in [0.717, 1.165) is 5.56 Å². The van der Waals surface area contributed by atoms with Crippen molar-refractivity contribution < 1.29 is 0 Å². The molecule has 1 aromatic carbocycles. The highest BCUT2D eigenvalue weighted by atomic mass is 35.5. The summed E-state index contributed by atoms with van der Waals surface area (Å²) < 4.78 is 0. The Balaban J connectivity index is 3.24. The maximum atomic E-state index is 6.20. The zero-order valence-electron chi connectivity index (χ0n) is 9.35. The normalized spacial score (nSPS) is 15.4. The number of benzene rings is 1. The quantitative estimate of drug-likeness (QED) is 0.860. The van der Waals surface area contributed by atoms with Gasteiger partial charge in [0.15, 0.2) is 0 Å². The van der Waals surface area contributed by atoms with Gasteiger partial charge in [0, 0.05) is 22.0 Å². The molecule has 0 amide bonds. The lowest BCUT2D eigenvalue weighted by atomic mass is 9.73. The third kappa shape index (κ3) is 2.47. The largest absolute Gasteiger partial charge is 0.330 e. The summed E-state index contributed by atoms with van der Waals surface area (Å²) in [7, 11) is 0. The molecule has 15 heavy (non-hydrogen) atoms. The van der Waals surface area contributed by atoms with Crippen LogP contribution in [-0.4, -0.2) is 6.54 Å². The van der Waals surface area contributed by atoms with Gasteiger partial charge in [-0.25, -0.2) is 0 Å². The molecule has 0 saturated heterocycles. The summed E-state index contributed by atoms with van der Waals surface area (Å²) >= 11 is 12.1. The second-order valence-corrected chi connectivity index (χ2v) is 5.24. The summed E-state index contributed by atoms with van der Waals surface area (Å²) in [6, 6.07) is 5.60. The van der Waals surface area contributed by atoms with Gasteiger partial charge in [-0.1, -0.05) is 50.0 Å². The smallest absolute Gasteiger partial charge is 0.0458 e. The van der Waals surface area contributed by atoms with Crippen LogP contribution in [0.15, 0.2) is 18.2 Å². The predicted molar refractivity (Wildman–Crippen MR) is 67.7 cm³/mol. The second kappa shape index (κ2) is 4.73. The van der Waals surface area contributed by atoms with E-state index < -0.39 is 0 Å². The Morgan fingerprint density at radius 2 is 1.93 bits per heavy atom. The van der Waals surface area contributed by atoms with E-state index >= 15 is 0 Å². The predicted octanol–water partition coefficient (Wildman–Crippen LogP) is 3.87. The van der Waals surface area contributed by atoms with Crippen molar-refractivity contribution in [2.75, 3.05) is 6.54 Å². The van der Waals surface area contributed by atoms with E-state index in [9.17, 15) is 0 Å². The third-order valence-electron chi connectivity index (χ3n) is 3.24. The SMILES string of the molecule is CC(C)C(C)(CN)c1ccc(Cl)cc1Cl. The molecular weight excluding hydrogens is 229 g/mol. The van der Waals surface area contributed by atoms with Crippen molar-refractivity contribution in [3.05, 3.63) is 33.8 Å². The molecule has 3 heteroatoms. The Morgan fingerprint density at radius 1 is 1.33 bits per heavy atom. The van der Waals surface area contributed by atoms with Gasteiger partial charge in [0.2, 0.25) is 0 Å². The molecular formula is C12H17Cl2N. The first kappa shape index (κ1) is 12.8.